The summed E-state index contributed by atoms with van der Waals surface area (Å²) in [6, 6.07) is 0. The quantitative estimate of drug-likeness (QED) is 0.261. The van der Waals surface area contributed by atoms with Gasteiger partial charge in [-0.05, 0) is 6.42 Å². The molecule has 0 amide bonds. The summed E-state index contributed by atoms with van der Waals surface area (Å²) in [5.74, 6) is -5.88. The second kappa shape index (κ2) is 7.56. The van der Waals surface area contributed by atoms with Crippen molar-refractivity contribution in [2.75, 3.05) is 0 Å². The standard InChI is InChI=1S/C10H16N2O10P2/c13-9(14)7(23(17,18)19)5(1-2-6-11-3-4-12-6)8(10(15)16)24(20,21)22/h3-5,7-8H,1-2H2,(H,11,12)(H,13,14)(H,15,16)(H2,17,18,19)(H2,20,21,22). The predicted molar refractivity (Wildman–Crippen MR) is 77.3 cm³/mol. The van der Waals surface area contributed by atoms with E-state index in [1.54, 1.807) is 0 Å². The van der Waals surface area contributed by atoms with E-state index in [0.717, 1.165) is 0 Å². The summed E-state index contributed by atoms with van der Waals surface area (Å²) < 4.78 is 22.9. The maximum atomic E-state index is 11.5. The van der Waals surface area contributed by atoms with Crippen LogP contribution in [0.2, 0.25) is 0 Å². The van der Waals surface area contributed by atoms with E-state index in [2.05, 4.69) is 9.97 Å². The fourth-order valence-corrected chi connectivity index (χ4v) is 4.73. The van der Waals surface area contributed by atoms with Crippen molar-refractivity contribution in [1.82, 2.24) is 9.97 Å². The normalized spacial score (nSPS) is 16.3. The van der Waals surface area contributed by atoms with E-state index in [9.17, 15) is 38.3 Å². The van der Waals surface area contributed by atoms with Crippen LogP contribution in [0.5, 0.6) is 0 Å². The molecule has 0 fully saturated rings. The number of H-pyrrole nitrogens is 1. The topological polar surface area (TPSA) is 218 Å². The van der Waals surface area contributed by atoms with Gasteiger partial charge in [0.05, 0.1) is 0 Å². The van der Waals surface area contributed by atoms with Crippen molar-refractivity contribution in [3.63, 3.8) is 0 Å². The molecule has 2 unspecified atom stereocenters. The van der Waals surface area contributed by atoms with Crippen LogP contribution in [-0.2, 0) is 25.1 Å². The highest BCUT2D eigenvalue weighted by atomic mass is 31.2. The molecule has 0 aliphatic carbocycles. The Kier molecular flexibility index (Phi) is 6.45. The van der Waals surface area contributed by atoms with Crippen LogP contribution in [0.15, 0.2) is 12.4 Å². The van der Waals surface area contributed by atoms with Gasteiger partial charge in [0.25, 0.3) is 0 Å². The second-order valence-electron chi connectivity index (χ2n) is 4.98. The van der Waals surface area contributed by atoms with Crippen molar-refractivity contribution in [2.24, 2.45) is 5.92 Å². The van der Waals surface area contributed by atoms with Gasteiger partial charge >= 0.3 is 27.1 Å². The molecule has 7 N–H and O–H groups in total. The molecular formula is C10H16N2O10P2. The Morgan fingerprint density at radius 1 is 1.04 bits per heavy atom. The molecule has 24 heavy (non-hydrogen) atoms. The van der Waals surface area contributed by atoms with E-state index in [0.29, 0.717) is 0 Å². The predicted octanol–water partition coefficient (Wildman–Crippen LogP) is -0.780. The lowest BCUT2D eigenvalue weighted by molar-refractivity contribution is -0.140. The van der Waals surface area contributed by atoms with Gasteiger partial charge in [-0.15, -0.1) is 0 Å². The number of rotatable bonds is 9. The number of nitrogens with zero attached hydrogens (tertiary/aromatic N) is 1. The van der Waals surface area contributed by atoms with Crippen molar-refractivity contribution < 1.29 is 48.5 Å². The molecule has 0 spiro atoms. The van der Waals surface area contributed by atoms with Crippen LogP contribution in [0.25, 0.3) is 0 Å². The average Bonchev–Trinajstić information content (AvgIpc) is 2.84. The largest absolute Gasteiger partial charge is 0.481 e. The summed E-state index contributed by atoms with van der Waals surface area (Å²) in [4.78, 5) is 65.8. The maximum Gasteiger partial charge on any atom is 0.340 e. The van der Waals surface area contributed by atoms with E-state index in [-0.39, 0.29) is 12.2 Å². The van der Waals surface area contributed by atoms with E-state index < -0.39 is 50.8 Å². The molecule has 0 aliphatic rings. The van der Waals surface area contributed by atoms with Gasteiger partial charge in [0.1, 0.15) is 5.82 Å². The molecule has 1 rings (SSSR count). The van der Waals surface area contributed by atoms with Crippen LogP contribution < -0.4 is 0 Å². The summed E-state index contributed by atoms with van der Waals surface area (Å²) in [5, 5.41) is 18.1. The Bertz CT molecular complexity index is 638. The first kappa shape index (κ1) is 20.5. The molecule has 1 heterocycles. The number of nitrogens with one attached hydrogen (secondary N) is 1. The Labute approximate surface area is 134 Å². The zero-order valence-electron chi connectivity index (χ0n) is 12.0. The summed E-state index contributed by atoms with van der Waals surface area (Å²) in [7, 11) is -10.8. The highest BCUT2D eigenvalue weighted by Gasteiger charge is 2.53. The molecule has 0 bridgehead atoms. The number of carbonyl (C=O) groups is 2. The number of aromatic amines is 1. The minimum absolute atomic E-state index is 0.161. The molecule has 0 saturated carbocycles. The number of aromatic nitrogens is 2. The first-order valence-electron chi connectivity index (χ1n) is 6.40. The monoisotopic (exact) mass is 386 g/mol. The lowest BCUT2D eigenvalue weighted by atomic mass is 9.94. The third-order valence-corrected chi connectivity index (χ3v) is 5.97. The average molecular weight is 386 g/mol. The number of imidazole rings is 1. The zero-order valence-corrected chi connectivity index (χ0v) is 13.7. The van der Waals surface area contributed by atoms with Crippen LogP contribution in [0, 0.1) is 5.92 Å². The van der Waals surface area contributed by atoms with Crippen LogP contribution in [0.3, 0.4) is 0 Å². The fourth-order valence-electron chi connectivity index (χ4n) is 2.38. The molecule has 2 atom stereocenters. The Balaban J connectivity index is 3.32. The van der Waals surface area contributed by atoms with Crippen LogP contribution >= 0.6 is 15.2 Å². The lowest BCUT2D eigenvalue weighted by Crippen LogP contribution is -2.41. The number of hydrogen-bond acceptors (Lipinski definition) is 5. The van der Waals surface area contributed by atoms with Gasteiger partial charge in [-0.3, -0.25) is 18.7 Å². The molecule has 0 radical (unpaired) electrons. The number of carboxylic acid groups (broad SMARTS) is 2. The van der Waals surface area contributed by atoms with Gasteiger partial charge in [-0.2, -0.15) is 0 Å². The van der Waals surface area contributed by atoms with Gasteiger partial charge in [-0.25, -0.2) is 4.98 Å². The molecule has 136 valence electrons. The van der Waals surface area contributed by atoms with E-state index in [1.807, 2.05) is 0 Å². The van der Waals surface area contributed by atoms with Crippen LogP contribution in [0.4, 0.5) is 0 Å². The van der Waals surface area contributed by atoms with Crippen molar-refractivity contribution in [2.45, 2.75) is 24.2 Å². The number of carboxylic acids is 2. The van der Waals surface area contributed by atoms with Crippen LogP contribution in [0.1, 0.15) is 12.2 Å². The highest BCUT2D eigenvalue weighted by Crippen LogP contribution is 2.54. The smallest absolute Gasteiger partial charge is 0.340 e. The molecule has 1 aromatic heterocycles. The van der Waals surface area contributed by atoms with Crippen molar-refractivity contribution in [1.29, 1.82) is 0 Å². The molecule has 0 aromatic carbocycles. The zero-order chi connectivity index (χ0) is 18.7. The molecule has 1 aromatic rings. The van der Waals surface area contributed by atoms with E-state index in [4.69, 9.17) is 10.2 Å². The summed E-state index contributed by atoms with van der Waals surface area (Å²) in [6.07, 6.45) is 2.04. The van der Waals surface area contributed by atoms with Gasteiger partial charge < -0.3 is 34.8 Å². The van der Waals surface area contributed by atoms with E-state index in [1.165, 1.54) is 12.4 Å². The molecule has 0 aliphatic heterocycles. The Morgan fingerprint density at radius 2 is 1.50 bits per heavy atom. The molecular weight excluding hydrogens is 370 g/mol. The minimum atomic E-state index is -5.39. The Morgan fingerprint density at radius 3 is 1.79 bits per heavy atom. The third-order valence-electron chi connectivity index (χ3n) is 3.31. The van der Waals surface area contributed by atoms with Gasteiger partial charge in [0.15, 0.2) is 11.3 Å². The van der Waals surface area contributed by atoms with Crippen molar-refractivity contribution in [3.8, 4) is 0 Å². The van der Waals surface area contributed by atoms with Crippen LogP contribution in [-0.4, -0.2) is 63.0 Å². The Hall–Kier alpha value is -1.55. The first-order chi connectivity index (χ1) is 10.9. The van der Waals surface area contributed by atoms with E-state index >= 15 is 0 Å². The first-order valence-corrected chi connectivity index (χ1v) is 9.76. The fraction of sp³-hybridized carbons (Fsp3) is 0.500. The summed E-state index contributed by atoms with van der Waals surface area (Å²) >= 11 is 0. The molecule has 0 saturated heterocycles. The summed E-state index contributed by atoms with van der Waals surface area (Å²) in [5.41, 5.74) is -5.16. The SMILES string of the molecule is O=C(O)C(C(CCc1ncc[nH]1)C(C(=O)O)P(=O)(O)O)P(=O)(O)O. The summed E-state index contributed by atoms with van der Waals surface area (Å²) in [6.45, 7) is 0. The number of aryl methyl sites for hydroxylation is 1. The third kappa shape index (κ3) is 5.23. The number of hydrogen-bond donors (Lipinski definition) is 7. The van der Waals surface area contributed by atoms with Crippen molar-refractivity contribution in [3.05, 3.63) is 18.2 Å². The minimum Gasteiger partial charge on any atom is -0.481 e. The van der Waals surface area contributed by atoms with Gasteiger partial charge in [0, 0.05) is 24.7 Å². The van der Waals surface area contributed by atoms with Crippen molar-refractivity contribution >= 4 is 27.1 Å². The highest BCUT2D eigenvalue weighted by molar-refractivity contribution is 7.55. The number of aliphatic carboxylic acids is 2. The second-order valence-corrected chi connectivity index (χ2v) is 8.45. The molecule has 14 heteroatoms. The lowest BCUT2D eigenvalue weighted by Gasteiger charge is -2.29. The van der Waals surface area contributed by atoms with Gasteiger partial charge in [0.2, 0.25) is 0 Å². The van der Waals surface area contributed by atoms with Gasteiger partial charge in [-0.1, -0.05) is 0 Å². The molecule has 12 nitrogen and oxygen atoms in total. The maximum absolute atomic E-state index is 11.5.